The first-order chi connectivity index (χ1) is 15.2. The van der Waals surface area contributed by atoms with Gasteiger partial charge in [-0.2, -0.15) is 0 Å². The Morgan fingerprint density at radius 1 is 1.16 bits per heavy atom. The van der Waals surface area contributed by atoms with Gasteiger partial charge in [-0.05, 0) is 76.9 Å². The first-order valence-electron chi connectivity index (χ1n) is 10.7. The second-order valence-electron chi connectivity index (χ2n) is 7.84. The minimum absolute atomic E-state index is 0.584. The van der Waals surface area contributed by atoms with Crippen molar-refractivity contribution < 1.29 is 19.4 Å². The number of rotatable bonds is 14. The van der Waals surface area contributed by atoms with E-state index in [9.17, 15) is 9.59 Å². The molecule has 0 saturated heterocycles. The molecule has 0 spiro atoms. The molecule has 6 heteroatoms. The lowest BCUT2D eigenvalue weighted by atomic mass is 10.0. The van der Waals surface area contributed by atoms with Crippen molar-refractivity contribution in [1.29, 1.82) is 0 Å². The van der Waals surface area contributed by atoms with Gasteiger partial charge in [-0.1, -0.05) is 51.4 Å². The van der Waals surface area contributed by atoms with Gasteiger partial charge in [0.2, 0.25) is 0 Å². The van der Waals surface area contributed by atoms with Crippen LogP contribution in [0, 0.1) is 0 Å². The molecule has 0 aromatic heterocycles. The average molecular weight is 504 g/mol. The van der Waals surface area contributed by atoms with Gasteiger partial charge in [-0.25, -0.2) is 9.59 Å². The Bertz CT molecular complexity index is 840. The number of benzene rings is 1. The van der Waals surface area contributed by atoms with E-state index in [4.69, 9.17) is 9.84 Å². The van der Waals surface area contributed by atoms with E-state index >= 15 is 0 Å². The third kappa shape index (κ3) is 12.4. The highest BCUT2D eigenvalue weighted by Gasteiger charge is 2.14. The second kappa shape index (κ2) is 15.4. The third-order valence-corrected chi connectivity index (χ3v) is 5.35. The van der Waals surface area contributed by atoms with Crippen molar-refractivity contribution >= 4 is 27.9 Å². The fourth-order valence-corrected chi connectivity index (χ4v) is 3.35. The highest BCUT2D eigenvalue weighted by Crippen LogP contribution is 2.24. The summed E-state index contributed by atoms with van der Waals surface area (Å²) < 4.78 is 6.44. The van der Waals surface area contributed by atoms with E-state index in [-0.39, 0.29) is 0 Å². The second-order valence-corrected chi connectivity index (χ2v) is 8.75. The summed E-state index contributed by atoms with van der Waals surface area (Å²) in [5.41, 5.74) is 3.29. The van der Waals surface area contributed by atoms with E-state index in [1.165, 1.54) is 5.57 Å². The zero-order chi connectivity index (χ0) is 23.9. The number of likely N-dealkylation sites (N-methyl/N-ethyl adjacent to an activating group) is 1. The fourth-order valence-electron chi connectivity index (χ4n) is 3.08. The molecule has 0 amide bonds. The number of hydrogen-bond donors (Lipinski definition) is 1. The van der Waals surface area contributed by atoms with Gasteiger partial charge < -0.3 is 14.7 Å². The first-order valence-corrected chi connectivity index (χ1v) is 11.5. The highest BCUT2D eigenvalue weighted by molar-refractivity contribution is 9.10. The number of esters is 1. The zero-order valence-electron chi connectivity index (χ0n) is 19.2. The number of aliphatic carboxylic acids is 1. The number of hydrogen-bond acceptors (Lipinski definition) is 4. The van der Waals surface area contributed by atoms with Crippen molar-refractivity contribution in [3.05, 3.63) is 82.4 Å². The Labute approximate surface area is 200 Å². The van der Waals surface area contributed by atoms with Crippen molar-refractivity contribution in [3.8, 4) is 0 Å². The molecule has 0 aliphatic rings. The van der Waals surface area contributed by atoms with Crippen LogP contribution in [0.2, 0.25) is 0 Å². The summed E-state index contributed by atoms with van der Waals surface area (Å²) in [6, 6.07) is 7.51. The van der Waals surface area contributed by atoms with Crippen molar-refractivity contribution in [2.45, 2.75) is 45.6 Å². The molecule has 1 atom stereocenters. The maximum absolute atomic E-state index is 12.0. The van der Waals surface area contributed by atoms with Crippen LogP contribution >= 0.6 is 15.9 Å². The molecule has 0 aliphatic carbocycles. The molecule has 0 aliphatic heterocycles. The van der Waals surface area contributed by atoms with Crippen LogP contribution in [0.5, 0.6) is 0 Å². The number of carboxylic acid groups (broad SMARTS) is 1. The maximum Gasteiger partial charge on any atom is 0.331 e. The molecule has 5 nitrogen and oxygen atoms in total. The predicted molar refractivity (Wildman–Crippen MR) is 133 cm³/mol. The number of carbonyl (C=O) groups is 2. The number of halogens is 1. The molecule has 32 heavy (non-hydrogen) atoms. The Morgan fingerprint density at radius 3 is 2.47 bits per heavy atom. The summed E-state index contributed by atoms with van der Waals surface area (Å²) in [5, 5.41) is 8.71. The Hall–Kier alpha value is -2.44. The normalized spacial score (nSPS) is 13.4. The van der Waals surface area contributed by atoms with Gasteiger partial charge in [0.05, 0.1) is 0 Å². The largest absolute Gasteiger partial charge is 0.478 e. The molecular formula is C26H34BrNO4. The van der Waals surface area contributed by atoms with Crippen LogP contribution in [-0.2, 0) is 14.3 Å². The summed E-state index contributed by atoms with van der Waals surface area (Å²) in [5.74, 6) is -1.88. The average Bonchev–Trinajstić information content (AvgIpc) is 2.72. The molecule has 0 radical (unpaired) electrons. The lowest BCUT2D eigenvalue weighted by molar-refractivity contribution is -0.141. The van der Waals surface area contributed by atoms with Crippen LogP contribution in [0.25, 0.3) is 0 Å². The molecule has 1 aromatic rings. The standard InChI is InChI=1S/C26H34BrNO4/c1-5-17-28(4)18-7-10-20(2)8-6-9-21(3)19-24(22-11-13-23(27)14-12-22)32-26(31)16-15-25(29)30/h5,8,11-16,19,24H,1,6-7,9-10,17-18H2,2-4H3,(H,29,30). The Balaban J connectivity index is 2.72. The first kappa shape index (κ1) is 27.6. The molecule has 1 rings (SSSR count). The molecule has 1 aromatic carbocycles. The Kier molecular flexibility index (Phi) is 13.3. The van der Waals surface area contributed by atoms with Gasteiger partial charge in [0.1, 0.15) is 6.10 Å². The summed E-state index contributed by atoms with van der Waals surface area (Å²) in [4.78, 5) is 24.9. The lowest BCUT2D eigenvalue weighted by Crippen LogP contribution is -2.19. The highest BCUT2D eigenvalue weighted by atomic mass is 79.9. The van der Waals surface area contributed by atoms with Crippen molar-refractivity contribution in [2.75, 3.05) is 20.1 Å². The van der Waals surface area contributed by atoms with Gasteiger partial charge >= 0.3 is 11.9 Å². The predicted octanol–water partition coefficient (Wildman–Crippen LogP) is 6.25. The quantitative estimate of drug-likeness (QED) is 0.184. The van der Waals surface area contributed by atoms with E-state index in [2.05, 4.69) is 47.5 Å². The molecule has 0 saturated carbocycles. The summed E-state index contributed by atoms with van der Waals surface area (Å²) in [6.45, 7) is 9.89. The van der Waals surface area contributed by atoms with Crippen LogP contribution in [0.1, 0.15) is 51.2 Å². The smallest absolute Gasteiger partial charge is 0.331 e. The minimum atomic E-state index is -1.19. The zero-order valence-corrected chi connectivity index (χ0v) is 20.8. The monoisotopic (exact) mass is 503 g/mol. The summed E-state index contributed by atoms with van der Waals surface area (Å²) in [7, 11) is 2.10. The van der Waals surface area contributed by atoms with Gasteiger partial charge in [0, 0.05) is 23.2 Å². The van der Waals surface area contributed by atoms with E-state index in [1.807, 2.05) is 43.3 Å². The number of carbonyl (C=O) groups excluding carboxylic acids is 1. The SMILES string of the molecule is C=CCN(C)CCCC(C)=CCCC(C)=CC(OC(=O)C=CC(=O)O)c1ccc(Br)cc1. The molecule has 174 valence electrons. The molecule has 0 heterocycles. The molecule has 0 fully saturated rings. The van der Waals surface area contributed by atoms with Crippen molar-refractivity contribution in [3.63, 3.8) is 0 Å². The van der Waals surface area contributed by atoms with E-state index in [0.717, 1.165) is 66.5 Å². The molecule has 0 bridgehead atoms. The van der Waals surface area contributed by atoms with E-state index in [0.29, 0.717) is 0 Å². The van der Waals surface area contributed by atoms with E-state index < -0.39 is 18.0 Å². The van der Waals surface area contributed by atoms with E-state index in [1.54, 1.807) is 0 Å². The maximum atomic E-state index is 12.0. The van der Waals surface area contributed by atoms with Gasteiger partial charge in [0.25, 0.3) is 0 Å². The number of ether oxygens (including phenoxy) is 1. The van der Waals surface area contributed by atoms with Crippen LogP contribution in [0.3, 0.4) is 0 Å². The van der Waals surface area contributed by atoms with Crippen LogP contribution < -0.4 is 0 Å². The number of nitrogens with zero attached hydrogens (tertiary/aromatic N) is 1. The van der Waals surface area contributed by atoms with Crippen LogP contribution in [0.15, 0.2) is 76.8 Å². The van der Waals surface area contributed by atoms with Gasteiger partial charge in [-0.15, -0.1) is 6.58 Å². The number of carboxylic acids is 1. The lowest BCUT2D eigenvalue weighted by Gasteiger charge is -2.15. The van der Waals surface area contributed by atoms with Gasteiger partial charge in [-0.3, -0.25) is 0 Å². The molecular weight excluding hydrogens is 470 g/mol. The summed E-state index contributed by atoms with van der Waals surface area (Å²) >= 11 is 3.41. The minimum Gasteiger partial charge on any atom is -0.478 e. The molecule has 1 unspecified atom stereocenters. The van der Waals surface area contributed by atoms with Crippen molar-refractivity contribution in [1.82, 2.24) is 4.90 Å². The fraction of sp³-hybridized carbons (Fsp3) is 0.385. The Morgan fingerprint density at radius 2 is 1.84 bits per heavy atom. The van der Waals surface area contributed by atoms with Crippen molar-refractivity contribution in [2.24, 2.45) is 0 Å². The number of allylic oxidation sites excluding steroid dienone is 3. The van der Waals surface area contributed by atoms with Crippen LogP contribution in [0.4, 0.5) is 0 Å². The third-order valence-electron chi connectivity index (χ3n) is 4.82. The topological polar surface area (TPSA) is 66.8 Å². The summed E-state index contributed by atoms with van der Waals surface area (Å²) in [6.07, 6.45) is 11.2. The van der Waals surface area contributed by atoms with Gasteiger partial charge in [0.15, 0.2) is 0 Å². The van der Waals surface area contributed by atoms with Crippen LogP contribution in [-0.4, -0.2) is 42.1 Å². The molecule has 1 N–H and O–H groups in total.